The Bertz CT molecular complexity index is 1300. The first-order valence-electron chi connectivity index (χ1n) is 9.33. The van der Waals surface area contributed by atoms with Crippen LogP contribution in [0.25, 0.3) is 0 Å². The van der Waals surface area contributed by atoms with Crippen LogP contribution in [-0.4, -0.2) is 20.2 Å². The predicted octanol–water partition coefficient (Wildman–Crippen LogP) is 4.80. The highest BCUT2D eigenvalue weighted by Crippen LogP contribution is 2.26. The van der Waals surface area contributed by atoms with E-state index < -0.39 is 21.7 Å². The highest BCUT2D eigenvalue weighted by atomic mass is 35.5. The molecule has 2 amide bonds. The van der Waals surface area contributed by atoms with Gasteiger partial charge in [0, 0.05) is 29.5 Å². The van der Waals surface area contributed by atoms with Crippen molar-refractivity contribution in [2.45, 2.75) is 18.7 Å². The highest BCUT2D eigenvalue weighted by Gasteiger charge is 2.21. The van der Waals surface area contributed by atoms with Gasteiger partial charge in [-0.1, -0.05) is 17.7 Å². The van der Waals surface area contributed by atoms with Gasteiger partial charge in [0.2, 0.25) is 5.91 Å². The number of halogens is 2. The van der Waals surface area contributed by atoms with Crippen molar-refractivity contribution in [1.29, 1.82) is 0 Å². The summed E-state index contributed by atoms with van der Waals surface area (Å²) >= 11 is 6.08. The van der Waals surface area contributed by atoms with Gasteiger partial charge in [-0.15, -0.1) is 0 Å². The SMILES string of the molecule is CC(=O)Nc1ccc(C)c(NC(=O)c2ccc(Cl)c(S(=O)(=O)Nc3ccc(F)cc3)c2)c1. The lowest BCUT2D eigenvalue weighted by Crippen LogP contribution is -2.17. The van der Waals surface area contributed by atoms with Crippen molar-refractivity contribution in [2.24, 2.45) is 0 Å². The van der Waals surface area contributed by atoms with Gasteiger partial charge in [-0.25, -0.2) is 12.8 Å². The maximum absolute atomic E-state index is 13.1. The van der Waals surface area contributed by atoms with Gasteiger partial charge in [-0.3, -0.25) is 14.3 Å². The van der Waals surface area contributed by atoms with Crippen molar-refractivity contribution in [3.05, 3.63) is 82.6 Å². The molecule has 0 saturated heterocycles. The standard InChI is InChI=1S/C22H19ClFN3O4S/c1-13-3-7-18(25-14(2)28)12-20(13)26-22(29)15-4-10-19(23)21(11-15)32(30,31)27-17-8-5-16(24)6-9-17/h3-12,27H,1-2H3,(H,25,28)(H,26,29). The highest BCUT2D eigenvalue weighted by molar-refractivity contribution is 7.92. The number of amides is 2. The zero-order chi connectivity index (χ0) is 23.5. The number of hydrogen-bond donors (Lipinski definition) is 3. The van der Waals surface area contributed by atoms with Crippen molar-refractivity contribution < 1.29 is 22.4 Å². The molecule has 0 radical (unpaired) electrons. The maximum Gasteiger partial charge on any atom is 0.263 e. The normalized spacial score (nSPS) is 11.0. The summed E-state index contributed by atoms with van der Waals surface area (Å²) in [5.41, 5.74) is 1.89. The van der Waals surface area contributed by atoms with Crippen LogP contribution in [0.2, 0.25) is 5.02 Å². The predicted molar refractivity (Wildman–Crippen MR) is 122 cm³/mol. The van der Waals surface area contributed by atoms with Crippen LogP contribution in [0.15, 0.2) is 65.6 Å². The van der Waals surface area contributed by atoms with Crippen LogP contribution in [0.4, 0.5) is 21.5 Å². The minimum absolute atomic E-state index is 0.0539. The van der Waals surface area contributed by atoms with Gasteiger partial charge in [0.25, 0.3) is 15.9 Å². The molecule has 0 aliphatic carbocycles. The molecule has 0 aromatic heterocycles. The van der Waals surface area contributed by atoms with E-state index in [2.05, 4.69) is 15.4 Å². The Morgan fingerprint density at radius 2 is 1.56 bits per heavy atom. The lowest BCUT2D eigenvalue weighted by molar-refractivity contribution is -0.114. The Balaban J connectivity index is 1.87. The van der Waals surface area contributed by atoms with Crippen LogP contribution in [0, 0.1) is 12.7 Å². The quantitative estimate of drug-likeness (QED) is 0.476. The molecular weight excluding hydrogens is 457 g/mol. The molecule has 0 bridgehead atoms. The maximum atomic E-state index is 13.1. The van der Waals surface area contributed by atoms with Crippen LogP contribution < -0.4 is 15.4 Å². The van der Waals surface area contributed by atoms with E-state index in [0.29, 0.717) is 11.4 Å². The number of nitrogens with one attached hydrogen (secondary N) is 3. The summed E-state index contributed by atoms with van der Waals surface area (Å²) in [7, 11) is -4.15. The van der Waals surface area contributed by atoms with E-state index in [1.54, 1.807) is 25.1 Å². The zero-order valence-electron chi connectivity index (χ0n) is 17.1. The Morgan fingerprint density at radius 1 is 0.906 bits per heavy atom. The van der Waals surface area contributed by atoms with E-state index >= 15 is 0 Å². The molecule has 10 heteroatoms. The number of sulfonamides is 1. The second-order valence-corrected chi connectivity index (χ2v) is 8.98. The third-order valence-electron chi connectivity index (χ3n) is 4.39. The largest absolute Gasteiger partial charge is 0.326 e. The van der Waals surface area contributed by atoms with Crippen LogP contribution in [0.3, 0.4) is 0 Å². The first-order valence-corrected chi connectivity index (χ1v) is 11.2. The Hall–Kier alpha value is -3.43. The molecular formula is C22H19ClFN3O4S. The van der Waals surface area contributed by atoms with E-state index in [1.807, 2.05) is 0 Å². The average molecular weight is 476 g/mol. The molecule has 3 aromatic carbocycles. The first kappa shape index (κ1) is 23.2. The van der Waals surface area contributed by atoms with Gasteiger partial charge < -0.3 is 10.6 Å². The van der Waals surface area contributed by atoms with Crippen molar-refractivity contribution in [3.63, 3.8) is 0 Å². The van der Waals surface area contributed by atoms with Crippen molar-refractivity contribution >= 4 is 50.5 Å². The average Bonchev–Trinajstić information content (AvgIpc) is 2.71. The summed E-state index contributed by atoms with van der Waals surface area (Å²) in [5, 5.41) is 5.25. The molecule has 3 rings (SSSR count). The van der Waals surface area contributed by atoms with Crippen molar-refractivity contribution in [1.82, 2.24) is 0 Å². The summed E-state index contributed by atoms with van der Waals surface area (Å²) in [5.74, 6) is -1.34. The summed E-state index contributed by atoms with van der Waals surface area (Å²) in [6.45, 7) is 3.14. The smallest absolute Gasteiger partial charge is 0.263 e. The molecule has 3 N–H and O–H groups in total. The topological polar surface area (TPSA) is 104 Å². The minimum atomic E-state index is -4.15. The fraction of sp³-hybridized carbons (Fsp3) is 0.0909. The molecule has 0 aliphatic rings. The summed E-state index contributed by atoms with van der Waals surface area (Å²) in [4.78, 5) is 23.8. The van der Waals surface area contributed by atoms with Gasteiger partial charge >= 0.3 is 0 Å². The van der Waals surface area contributed by atoms with Crippen molar-refractivity contribution in [2.75, 3.05) is 15.4 Å². The van der Waals surface area contributed by atoms with Gasteiger partial charge in [0.15, 0.2) is 0 Å². The number of anilines is 3. The monoisotopic (exact) mass is 475 g/mol. The summed E-state index contributed by atoms with van der Waals surface area (Å²) in [6, 6.07) is 13.6. The fourth-order valence-electron chi connectivity index (χ4n) is 2.81. The molecule has 0 atom stereocenters. The number of aryl methyl sites for hydroxylation is 1. The second-order valence-electron chi connectivity index (χ2n) is 6.92. The second kappa shape index (κ2) is 9.37. The molecule has 0 heterocycles. The molecule has 7 nitrogen and oxygen atoms in total. The minimum Gasteiger partial charge on any atom is -0.326 e. The number of carbonyl (C=O) groups excluding carboxylic acids is 2. The van der Waals surface area contributed by atoms with Gasteiger partial charge in [0.1, 0.15) is 10.7 Å². The van der Waals surface area contributed by atoms with E-state index in [1.165, 1.54) is 31.2 Å². The lowest BCUT2D eigenvalue weighted by atomic mass is 10.1. The molecule has 0 spiro atoms. The molecule has 0 unspecified atom stereocenters. The molecule has 0 aliphatic heterocycles. The molecule has 32 heavy (non-hydrogen) atoms. The number of benzene rings is 3. The molecule has 0 fully saturated rings. The summed E-state index contributed by atoms with van der Waals surface area (Å²) in [6.07, 6.45) is 0. The Labute approximate surface area is 189 Å². The van der Waals surface area contributed by atoms with Crippen LogP contribution in [-0.2, 0) is 14.8 Å². The lowest BCUT2D eigenvalue weighted by Gasteiger charge is -2.13. The number of carbonyl (C=O) groups is 2. The van der Waals surface area contributed by atoms with Crippen LogP contribution in [0.1, 0.15) is 22.8 Å². The Kier molecular flexibility index (Phi) is 6.81. The van der Waals surface area contributed by atoms with E-state index in [-0.39, 0.29) is 27.1 Å². The van der Waals surface area contributed by atoms with E-state index in [0.717, 1.165) is 23.8 Å². The van der Waals surface area contributed by atoms with Gasteiger partial charge in [0.05, 0.1) is 5.02 Å². The fourth-order valence-corrected chi connectivity index (χ4v) is 4.40. The van der Waals surface area contributed by atoms with Gasteiger partial charge in [-0.05, 0) is 67.1 Å². The van der Waals surface area contributed by atoms with Crippen LogP contribution in [0.5, 0.6) is 0 Å². The first-order chi connectivity index (χ1) is 15.0. The van der Waals surface area contributed by atoms with E-state index in [4.69, 9.17) is 11.6 Å². The number of rotatable bonds is 6. The van der Waals surface area contributed by atoms with E-state index in [9.17, 15) is 22.4 Å². The molecule has 3 aromatic rings. The number of hydrogen-bond acceptors (Lipinski definition) is 4. The Morgan fingerprint density at radius 3 is 2.22 bits per heavy atom. The zero-order valence-corrected chi connectivity index (χ0v) is 18.6. The molecule has 0 saturated carbocycles. The third-order valence-corrected chi connectivity index (χ3v) is 6.25. The third kappa shape index (κ3) is 5.63. The van der Waals surface area contributed by atoms with Gasteiger partial charge in [-0.2, -0.15) is 0 Å². The summed E-state index contributed by atoms with van der Waals surface area (Å²) < 4.78 is 40.9. The van der Waals surface area contributed by atoms with Crippen molar-refractivity contribution in [3.8, 4) is 0 Å². The molecule has 166 valence electrons. The van der Waals surface area contributed by atoms with Crippen LogP contribution >= 0.6 is 11.6 Å².